The first-order valence-corrected chi connectivity index (χ1v) is 6.09. The van der Waals surface area contributed by atoms with Crippen molar-refractivity contribution in [2.75, 3.05) is 0 Å². The van der Waals surface area contributed by atoms with E-state index in [1.165, 1.54) is 0 Å². The Morgan fingerprint density at radius 1 is 0.929 bits per heavy atom. The van der Waals surface area contributed by atoms with Gasteiger partial charge in [0.25, 0.3) is 0 Å². The fourth-order valence-corrected chi connectivity index (χ4v) is 0.527. The van der Waals surface area contributed by atoms with Crippen LogP contribution in [0.4, 0.5) is 4.39 Å². The molecule has 10 heteroatoms. The molecule has 0 rings (SSSR count). The molecule has 0 aromatic carbocycles. The van der Waals surface area contributed by atoms with Gasteiger partial charge in [-0.15, -0.1) is 0 Å². The smallest absolute Gasteiger partial charge is 0.321 e. The summed E-state index contributed by atoms with van der Waals surface area (Å²) in [4.78, 5) is 37.8. The Morgan fingerprint density at radius 3 is 1.50 bits per heavy atom. The molecule has 0 saturated heterocycles. The number of allylic oxidation sites excluding steroid dienone is 2. The highest BCUT2D eigenvalue weighted by Gasteiger charge is 2.03. The van der Waals surface area contributed by atoms with E-state index >= 15 is 0 Å². The van der Waals surface area contributed by atoms with Gasteiger partial charge < -0.3 is 24.5 Å². The Kier molecular flexibility index (Phi) is 8.09. The van der Waals surface area contributed by atoms with E-state index in [2.05, 4.69) is 0 Å². The maximum absolute atomic E-state index is 11.1. The van der Waals surface area contributed by atoms with Gasteiger partial charge in [0.05, 0.1) is 6.33 Å². The highest BCUT2D eigenvalue weighted by atomic mass is 31.2. The van der Waals surface area contributed by atoms with Gasteiger partial charge in [0.15, 0.2) is 0 Å². The van der Waals surface area contributed by atoms with E-state index < -0.39 is 15.4 Å². The van der Waals surface area contributed by atoms with Crippen molar-refractivity contribution in [3.63, 3.8) is 0 Å². The zero-order valence-corrected chi connectivity index (χ0v) is 8.42. The number of hydrogen-bond acceptors (Lipinski definition) is 2. The van der Waals surface area contributed by atoms with E-state index in [1.807, 2.05) is 0 Å². The lowest BCUT2D eigenvalue weighted by molar-refractivity contribution is 0.275. The van der Waals surface area contributed by atoms with Gasteiger partial charge in [0.1, 0.15) is 0 Å². The molecule has 0 fully saturated rings. The van der Waals surface area contributed by atoms with Gasteiger partial charge in [-0.25, -0.2) is 8.96 Å². The molecule has 7 nitrogen and oxygen atoms in total. The van der Waals surface area contributed by atoms with E-state index in [0.29, 0.717) is 5.82 Å². The van der Waals surface area contributed by atoms with Crippen molar-refractivity contribution < 1.29 is 38.0 Å². The minimum atomic E-state index is -4.64. The average Bonchev–Trinajstić information content (AvgIpc) is 1.80. The number of rotatable bonds is 2. The van der Waals surface area contributed by atoms with E-state index in [4.69, 9.17) is 29.0 Å². The Balaban J connectivity index is 0. The standard InChI is InChI=1S/C4H6FO3P.H3O4P/c5-3-1-2-4-9(6,7)8;1-5(2,3)4/h1-4H,(H2,6,7,8);(H3,1,2,3,4). The van der Waals surface area contributed by atoms with Crippen LogP contribution >= 0.6 is 15.4 Å². The van der Waals surface area contributed by atoms with Gasteiger partial charge >= 0.3 is 15.4 Å². The predicted molar refractivity (Wildman–Crippen MR) is 45.7 cm³/mol. The monoisotopic (exact) mass is 250 g/mol. The first-order valence-electron chi connectivity index (χ1n) is 2.84. The summed E-state index contributed by atoms with van der Waals surface area (Å²) >= 11 is 0. The minimum Gasteiger partial charge on any atom is -0.321 e. The molecule has 0 aromatic rings. The largest absolute Gasteiger partial charge is 0.466 e. The molecule has 84 valence electrons. The zero-order valence-electron chi connectivity index (χ0n) is 6.63. The minimum absolute atomic E-state index is 0.187. The highest BCUT2D eigenvalue weighted by molar-refractivity contribution is 7.55. The molecule has 14 heavy (non-hydrogen) atoms. The summed E-state index contributed by atoms with van der Waals surface area (Å²) in [7, 11) is -8.73. The van der Waals surface area contributed by atoms with Crippen molar-refractivity contribution in [2.24, 2.45) is 0 Å². The first-order chi connectivity index (χ1) is 6.06. The molecule has 0 heterocycles. The van der Waals surface area contributed by atoms with Gasteiger partial charge in [-0.1, -0.05) is 6.08 Å². The molecule has 0 aromatic heterocycles. The fourth-order valence-electron chi connectivity index (χ4n) is 0.204. The topological polar surface area (TPSA) is 135 Å². The summed E-state index contributed by atoms with van der Waals surface area (Å²) in [5.41, 5.74) is 0. The van der Waals surface area contributed by atoms with Crippen molar-refractivity contribution in [3.8, 4) is 0 Å². The summed E-state index contributed by atoms with van der Waals surface area (Å²) in [5, 5.41) is 0. The number of hydrogen-bond donors (Lipinski definition) is 5. The SMILES string of the molecule is O=P(O)(O)C=CC=CF.O=P(O)(O)O. The van der Waals surface area contributed by atoms with E-state index in [1.54, 1.807) is 0 Å². The lowest BCUT2D eigenvalue weighted by Crippen LogP contribution is -1.66. The van der Waals surface area contributed by atoms with Crippen LogP contribution in [0.25, 0.3) is 0 Å². The van der Waals surface area contributed by atoms with Crippen LogP contribution in [0.2, 0.25) is 0 Å². The van der Waals surface area contributed by atoms with Crippen LogP contribution in [0.5, 0.6) is 0 Å². The molecule has 0 amide bonds. The third-order valence-electron chi connectivity index (χ3n) is 0.464. The van der Waals surface area contributed by atoms with Crippen LogP contribution < -0.4 is 0 Å². The molecule has 0 radical (unpaired) electrons. The third-order valence-corrected chi connectivity index (χ3v) is 1.02. The van der Waals surface area contributed by atoms with Crippen LogP contribution in [0.15, 0.2) is 24.3 Å². The molecule has 0 saturated carbocycles. The lowest BCUT2D eigenvalue weighted by Gasteiger charge is -1.89. The molecule has 0 aliphatic rings. The molecular weight excluding hydrogens is 241 g/mol. The summed E-state index contributed by atoms with van der Waals surface area (Å²) in [6.45, 7) is 0. The molecule has 0 aliphatic heterocycles. The Hall–Kier alpha value is -0.330. The first kappa shape index (κ1) is 16.1. The molecule has 0 bridgehead atoms. The van der Waals surface area contributed by atoms with Gasteiger partial charge in [0.2, 0.25) is 0 Å². The molecule has 0 aliphatic carbocycles. The predicted octanol–water partition coefficient (Wildman–Crippen LogP) is 0.232. The summed E-state index contributed by atoms with van der Waals surface area (Å²) in [6.07, 6.45) is 2.02. The fraction of sp³-hybridized carbons (Fsp3) is 0. The molecular formula is C4H9FO7P2. The summed E-state index contributed by atoms with van der Waals surface area (Å²) in [6, 6.07) is 0. The van der Waals surface area contributed by atoms with Crippen molar-refractivity contribution in [3.05, 3.63) is 24.3 Å². The molecule has 0 atom stereocenters. The van der Waals surface area contributed by atoms with E-state index in [0.717, 1.165) is 12.2 Å². The van der Waals surface area contributed by atoms with Crippen LogP contribution in [0.3, 0.4) is 0 Å². The van der Waals surface area contributed by atoms with Crippen LogP contribution in [-0.2, 0) is 9.13 Å². The molecule has 5 N–H and O–H groups in total. The van der Waals surface area contributed by atoms with Crippen molar-refractivity contribution >= 4 is 15.4 Å². The Morgan fingerprint density at radius 2 is 1.29 bits per heavy atom. The molecule has 0 unspecified atom stereocenters. The lowest BCUT2D eigenvalue weighted by atomic mass is 10.6. The second-order valence-corrected chi connectivity index (χ2v) is 4.27. The Labute approximate surface area is 78.6 Å². The van der Waals surface area contributed by atoms with Crippen molar-refractivity contribution in [2.45, 2.75) is 0 Å². The average molecular weight is 250 g/mol. The van der Waals surface area contributed by atoms with Crippen LogP contribution in [0, 0.1) is 0 Å². The zero-order chi connectivity index (χ0) is 11.8. The highest BCUT2D eigenvalue weighted by Crippen LogP contribution is 2.35. The summed E-state index contributed by atoms with van der Waals surface area (Å²) in [5.74, 6) is 0.614. The van der Waals surface area contributed by atoms with Gasteiger partial charge in [-0.05, 0) is 6.08 Å². The second-order valence-electron chi connectivity index (χ2n) is 1.76. The van der Waals surface area contributed by atoms with Crippen molar-refractivity contribution in [1.29, 1.82) is 0 Å². The van der Waals surface area contributed by atoms with E-state index in [9.17, 15) is 8.96 Å². The second kappa shape index (κ2) is 7.03. The Bertz CT molecular complexity index is 278. The van der Waals surface area contributed by atoms with E-state index in [-0.39, 0.29) is 6.33 Å². The third kappa shape index (κ3) is 41.3. The number of phosphoric acid groups is 1. The summed E-state index contributed by atoms with van der Waals surface area (Å²) < 4.78 is 29.9. The van der Waals surface area contributed by atoms with Crippen LogP contribution in [-0.4, -0.2) is 24.5 Å². The van der Waals surface area contributed by atoms with Gasteiger partial charge in [0, 0.05) is 5.82 Å². The van der Waals surface area contributed by atoms with Gasteiger partial charge in [-0.3, -0.25) is 4.57 Å². The quantitative estimate of drug-likeness (QED) is 0.349. The molecule has 0 spiro atoms. The van der Waals surface area contributed by atoms with Crippen molar-refractivity contribution in [1.82, 2.24) is 0 Å². The number of halogens is 1. The maximum atomic E-state index is 11.1. The maximum Gasteiger partial charge on any atom is 0.466 e. The normalized spacial score (nSPS) is 13.0. The van der Waals surface area contributed by atoms with Gasteiger partial charge in [-0.2, -0.15) is 0 Å². The van der Waals surface area contributed by atoms with Crippen LogP contribution in [0.1, 0.15) is 0 Å².